The van der Waals surface area contributed by atoms with Gasteiger partial charge in [0.15, 0.2) is 0 Å². The van der Waals surface area contributed by atoms with Crippen molar-refractivity contribution in [3.05, 3.63) is 113 Å². The first kappa shape index (κ1) is 26.8. The van der Waals surface area contributed by atoms with Crippen LogP contribution in [-0.2, 0) is 30.8 Å². The monoisotopic (exact) mass is 558 g/mol. The number of hydrogen-bond acceptors (Lipinski definition) is 6. The van der Waals surface area contributed by atoms with Crippen molar-refractivity contribution in [3.63, 3.8) is 0 Å². The summed E-state index contributed by atoms with van der Waals surface area (Å²) in [5, 5.41) is 9.32. The van der Waals surface area contributed by atoms with Gasteiger partial charge in [0.1, 0.15) is 23.4 Å². The molecule has 5 aromatic rings. The van der Waals surface area contributed by atoms with Crippen molar-refractivity contribution in [2.45, 2.75) is 33.0 Å². The summed E-state index contributed by atoms with van der Waals surface area (Å²) >= 11 is 0. The Morgan fingerprint density at radius 1 is 1.02 bits per heavy atom. The first-order valence-electron chi connectivity index (χ1n) is 13.6. The molecule has 9 nitrogen and oxygen atoms in total. The minimum Gasteiger partial charge on any atom is -0.496 e. The molecular weight excluding hydrogens is 528 g/mol. The number of aryl methyl sites for hydroxylation is 1. The number of imidazole rings is 2. The van der Waals surface area contributed by atoms with Gasteiger partial charge in [-0.05, 0) is 53.9 Å². The van der Waals surface area contributed by atoms with Crippen molar-refractivity contribution < 1.29 is 14.3 Å². The van der Waals surface area contributed by atoms with Crippen molar-refractivity contribution in [1.29, 1.82) is 5.26 Å². The average molecular weight is 559 g/mol. The van der Waals surface area contributed by atoms with E-state index >= 15 is 0 Å². The van der Waals surface area contributed by atoms with E-state index in [-0.39, 0.29) is 12.3 Å². The molecule has 0 aliphatic carbocycles. The zero-order chi connectivity index (χ0) is 29.2. The van der Waals surface area contributed by atoms with Crippen LogP contribution in [0.3, 0.4) is 0 Å². The molecule has 0 fully saturated rings. The second-order valence-corrected chi connectivity index (χ2v) is 10.3. The van der Waals surface area contributed by atoms with Gasteiger partial charge in [0.25, 0.3) is 0 Å². The summed E-state index contributed by atoms with van der Waals surface area (Å²) in [5.74, 6) is 2.03. The Hall–Kier alpha value is -5.36. The lowest BCUT2D eigenvalue weighted by Gasteiger charge is -2.23. The maximum absolute atomic E-state index is 14.0. The first-order valence-corrected chi connectivity index (χ1v) is 13.6. The van der Waals surface area contributed by atoms with Gasteiger partial charge in [0.05, 0.1) is 51.3 Å². The van der Waals surface area contributed by atoms with Gasteiger partial charge in [-0.3, -0.25) is 4.79 Å². The molecule has 0 saturated heterocycles. The quantitative estimate of drug-likeness (QED) is 0.275. The van der Waals surface area contributed by atoms with Gasteiger partial charge < -0.3 is 23.5 Å². The Labute approximate surface area is 244 Å². The van der Waals surface area contributed by atoms with Gasteiger partial charge in [-0.25, -0.2) is 9.97 Å². The number of anilines is 1. The van der Waals surface area contributed by atoms with Crippen LogP contribution in [0.2, 0.25) is 0 Å². The van der Waals surface area contributed by atoms with Crippen molar-refractivity contribution in [1.82, 2.24) is 19.1 Å². The molecule has 1 amide bonds. The average Bonchev–Trinajstić information content (AvgIpc) is 3.58. The van der Waals surface area contributed by atoms with Crippen LogP contribution in [0.1, 0.15) is 33.8 Å². The number of nitrogens with zero attached hydrogens (tertiary/aromatic N) is 6. The summed E-state index contributed by atoms with van der Waals surface area (Å²) in [6.07, 6.45) is 5.65. The summed E-state index contributed by atoms with van der Waals surface area (Å²) in [5.41, 5.74) is 6.96. The Bertz CT molecular complexity index is 1830. The van der Waals surface area contributed by atoms with Crippen LogP contribution < -0.4 is 14.4 Å². The zero-order valence-electron chi connectivity index (χ0n) is 23.7. The lowest BCUT2D eigenvalue weighted by molar-refractivity contribution is -0.118. The van der Waals surface area contributed by atoms with E-state index in [1.54, 1.807) is 32.8 Å². The van der Waals surface area contributed by atoms with Crippen molar-refractivity contribution in [2.75, 3.05) is 19.1 Å². The van der Waals surface area contributed by atoms with E-state index in [1.807, 2.05) is 59.0 Å². The van der Waals surface area contributed by atoms with Gasteiger partial charge >= 0.3 is 0 Å². The van der Waals surface area contributed by atoms with E-state index in [9.17, 15) is 10.1 Å². The number of hydrogen-bond donors (Lipinski definition) is 0. The standard InChI is InChI=1S/C33H30N6O3/c1-22-8-10-25-18-37-19-28(27-6-4-5-7-30(27)41-2)36-32(37)20-39(29(25)12-22)33(40)14-26-16-35-21-38(26)17-23-9-11-24(15-34)31(13-23)42-3/h4-13,16,19,21H,14,17-18,20H2,1-3H3. The third-order valence-corrected chi connectivity index (χ3v) is 7.59. The molecule has 0 bridgehead atoms. The number of para-hydroxylation sites is 1. The van der Waals surface area contributed by atoms with Crippen molar-refractivity contribution >= 4 is 11.6 Å². The van der Waals surface area contributed by atoms with Crippen molar-refractivity contribution in [2.24, 2.45) is 0 Å². The van der Waals surface area contributed by atoms with E-state index in [4.69, 9.17) is 14.5 Å². The second-order valence-electron chi connectivity index (χ2n) is 10.3. The topological polar surface area (TPSA) is 98.2 Å². The summed E-state index contributed by atoms with van der Waals surface area (Å²) < 4.78 is 15.0. The smallest absolute Gasteiger partial charge is 0.233 e. The number of amides is 1. The van der Waals surface area contributed by atoms with Crippen molar-refractivity contribution in [3.8, 4) is 28.8 Å². The highest BCUT2D eigenvalue weighted by molar-refractivity contribution is 5.95. The van der Waals surface area contributed by atoms with Gasteiger partial charge in [-0.15, -0.1) is 0 Å². The van der Waals surface area contributed by atoms with Gasteiger partial charge in [-0.1, -0.05) is 30.3 Å². The normalized spacial score (nSPS) is 12.2. The molecule has 2 aromatic heterocycles. The fourth-order valence-corrected chi connectivity index (χ4v) is 5.41. The molecule has 210 valence electrons. The maximum Gasteiger partial charge on any atom is 0.233 e. The zero-order valence-corrected chi connectivity index (χ0v) is 23.7. The molecule has 42 heavy (non-hydrogen) atoms. The van der Waals surface area contributed by atoms with E-state index in [1.165, 1.54) is 0 Å². The lowest BCUT2D eigenvalue weighted by Crippen LogP contribution is -2.33. The molecular formula is C33H30N6O3. The third kappa shape index (κ3) is 5.10. The molecule has 0 unspecified atom stereocenters. The Balaban J connectivity index is 1.30. The molecule has 3 heterocycles. The van der Waals surface area contributed by atoms with Gasteiger partial charge in [0.2, 0.25) is 5.91 Å². The third-order valence-electron chi connectivity index (χ3n) is 7.59. The maximum atomic E-state index is 14.0. The van der Waals surface area contributed by atoms with Gasteiger partial charge in [0, 0.05) is 35.9 Å². The molecule has 0 N–H and O–H groups in total. The Kier molecular flexibility index (Phi) is 7.19. The van der Waals surface area contributed by atoms with Crippen LogP contribution in [0.4, 0.5) is 5.69 Å². The summed E-state index contributed by atoms with van der Waals surface area (Å²) in [6, 6.07) is 21.7. The highest BCUT2D eigenvalue weighted by Gasteiger charge is 2.27. The number of fused-ring (bicyclic) bond motifs is 2. The number of nitriles is 1. The van der Waals surface area contributed by atoms with Gasteiger partial charge in [-0.2, -0.15) is 5.26 Å². The SMILES string of the molecule is COc1cc(Cn2cncc2CC(=O)N2Cc3nc(-c4ccccc4OC)cn3Cc3ccc(C)cc32)ccc1C#N. The van der Waals surface area contributed by atoms with Crippen LogP contribution in [-0.4, -0.2) is 39.2 Å². The molecule has 0 radical (unpaired) electrons. The summed E-state index contributed by atoms with van der Waals surface area (Å²) in [4.78, 5) is 25.2. The van der Waals surface area contributed by atoms with Crippen LogP contribution in [0, 0.1) is 18.3 Å². The molecule has 6 rings (SSSR count). The van der Waals surface area contributed by atoms with Crippen LogP contribution in [0.5, 0.6) is 11.5 Å². The predicted molar refractivity (Wildman–Crippen MR) is 158 cm³/mol. The summed E-state index contributed by atoms with van der Waals surface area (Å²) in [7, 11) is 3.20. The first-order chi connectivity index (χ1) is 20.5. The van der Waals surface area contributed by atoms with E-state index < -0.39 is 0 Å². The molecule has 0 atom stereocenters. The lowest BCUT2D eigenvalue weighted by atomic mass is 10.1. The Morgan fingerprint density at radius 2 is 1.86 bits per heavy atom. The number of rotatable bonds is 7. The van der Waals surface area contributed by atoms with Crippen LogP contribution >= 0.6 is 0 Å². The fourth-order valence-electron chi connectivity index (χ4n) is 5.41. The number of carbonyl (C=O) groups excluding carboxylic acids is 1. The number of benzene rings is 3. The van der Waals surface area contributed by atoms with E-state index in [0.717, 1.165) is 50.9 Å². The molecule has 9 heteroatoms. The van der Waals surface area contributed by atoms with E-state index in [0.29, 0.717) is 30.9 Å². The summed E-state index contributed by atoms with van der Waals surface area (Å²) in [6.45, 7) is 3.47. The largest absolute Gasteiger partial charge is 0.496 e. The molecule has 1 aliphatic heterocycles. The number of methoxy groups -OCH3 is 2. The number of carbonyl (C=O) groups is 1. The van der Waals surface area contributed by atoms with Crippen LogP contribution in [0.25, 0.3) is 11.3 Å². The highest BCUT2D eigenvalue weighted by atomic mass is 16.5. The molecule has 0 saturated carbocycles. The molecule has 1 aliphatic rings. The fraction of sp³-hybridized carbons (Fsp3) is 0.212. The highest BCUT2D eigenvalue weighted by Crippen LogP contribution is 2.33. The minimum absolute atomic E-state index is 0.0451. The van der Waals surface area contributed by atoms with E-state index in [2.05, 4.69) is 33.8 Å². The second kappa shape index (κ2) is 11.3. The molecule has 3 aromatic carbocycles. The Morgan fingerprint density at radius 3 is 2.67 bits per heavy atom. The molecule has 0 spiro atoms. The van der Waals surface area contributed by atoms with Crippen LogP contribution in [0.15, 0.2) is 79.4 Å². The number of ether oxygens (including phenoxy) is 2. The number of aromatic nitrogens is 4. The minimum atomic E-state index is -0.0451. The predicted octanol–water partition coefficient (Wildman–Crippen LogP) is 5.13.